The molecule has 0 aliphatic heterocycles. The van der Waals surface area contributed by atoms with Crippen molar-refractivity contribution >= 4 is 17.6 Å². The number of halogens is 2. The largest absolute Gasteiger partial charge is 0.504 e. The Morgan fingerprint density at radius 1 is 1.50 bits per heavy atom. The van der Waals surface area contributed by atoms with Crippen LogP contribution in [-0.2, 0) is 0 Å². The van der Waals surface area contributed by atoms with Crippen molar-refractivity contribution in [2.24, 2.45) is 0 Å². The molecule has 5 heteroatoms. The lowest BCUT2D eigenvalue weighted by atomic mass is 10.2. The molecule has 0 heterocycles. The highest BCUT2D eigenvalue weighted by atomic mass is 35.5. The first-order chi connectivity index (χ1) is 5.54. The molecule has 0 aromatic heterocycles. The molecular formula is C7H4ClFO3. The zero-order chi connectivity index (χ0) is 9.30. The maximum absolute atomic E-state index is 12.5. The summed E-state index contributed by atoms with van der Waals surface area (Å²) in [4.78, 5) is 10.4. The van der Waals surface area contributed by atoms with Crippen molar-refractivity contribution in [1.82, 2.24) is 0 Å². The van der Waals surface area contributed by atoms with Crippen LogP contribution in [0.3, 0.4) is 0 Å². The van der Waals surface area contributed by atoms with Gasteiger partial charge in [0.2, 0.25) is 0 Å². The van der Waals surface area contributed by atoms with E-state index in [-0.39, 0.29) is 5.02 Å². The number of carbonyl (C=O) groups is 1. The summed E-state index contributed by atoms with van der Waals surface area (Å²) in [5.41, 5.74) is -0.614. The van der Waals surface area contributed by atoms with E-state index < -0.39 is 23.1 Å². The predicted octanol–water partition coefficient (Wildman–Crippen LogP) is 1.88. The van der Waals surface area contributed by atoms with Gasteiger partial charge in [0.05, 0.1) is 5.02 Å². The number of aromatic hydroxyl groups is 1. The van der Waals surface area contributed by atoms with Crippen LogP contribution >= 0.6 is 11.6 Å². The van der Waals surface area contributed by atoms with E-state index in [0.29, 0.717) is 0 Å². The smallest absolute Gasteiger partial charge is 0.341 e. The predicted molar refractivity (Wildman–Crippen MR) is 40.0 cm³/mol. The Hall–Kier alpha value is -1.29. The Morgan fingerprint density at radius 3 is 2.50 bits per heavy atom. The summed E-state index contributed by atoms with van der Waals surface area (Å²) in [6.07, 6.45) is 0. The van der Waals surface area contributed by atoms with Crippen molar-refractivity contribution in [3.05, 3.63) is 28.5 Å². The Bertz CT molecular complexity index is 338. The second-order valence-electron chi connectivity index (χ2n) is 2.06. The summed E-state index contributed by atoms with van der Waals surface area (Å²) in [5.74, 6) is -3.40. The topological polar surface area (TPSA) is 57.5 Å². The van der Waals surface area contributed by atoms with Crippen LogP contribution in [0.1, 0.15) is 10.4 Å². The van der Waals surface area contributed by atoms with Gasteiger partial charge in [0.25, 0.3) is 0 Å². The van der Waals surface area contributed by atoms with Crippen molar-refractivity contribution in [3.8, 4) is 5.75 Å². The summed E-state index contributed by atoms with van der Waals surface area (Å²) in [6.45, 7) is 0. The molecule has 0 unspecified atom stereocenters. The van der Waals surface area contributed by atoms with Gasteiger partial charge in [-0.15, -0.1) is 0 Å². The van der Waals surface area contributed by atoms with Gasteiger partial charge >= 0.3 is 5.97 Å². The molecule has 1 rings (SSSR count). The molecule has 0 atom stereocenters. The maximum atomic E-state index is 12.5. The summed E-state index contributed by atoms with van der Waals surface area (Å²) in [6, 6.07) is 1.96. The number of hydrogen-bond acceptors (Lipinski definition) is 2. The SMILES string of the molecule is O=C(O)c1c(Cl)ccc(F)c1O. The number of phenols is 1. The Kier molecular flexibility index (Phi) is 2.19. The number of aromatic carboxylic acids is 1. The van der Waals surface area contributed by atoms with E-state index in [2.05, 4.69) is 0 Å². The monoisotopic (exact) mass is 190 g/mol. The molecule has 3 nitrogen and oxygen atoms in total. The van der Waals surface area contributed by atoms with Gasteiger partial charge in [0, 0.05) is 0 Å². The van der Waals surface area contributed by atoms with Gasteiger partial charge in [-0.1, -0.05) is 11.6 Å². The van der Waals surface area contributed by atoms with Crippen LogP contribution < -0.4 is 0 Å². The molecule has 0 saturated heterocycles. The van der Waals surface area contributed by atoms with Crippen LogP contribution in [0.25, 0.3) is 0 Å². The molecule has 0 aliphatic carbocycles. The van der Waals surface area contributed by atoms with E-state index in [4.69, 9.17) is 21.8 Å². The zero-order valence-electron chi connectivity index (χ0n) is 5.71. The highest BCUT2D eigenvalue weighted by Gasteiger charge is 2.17. The van der Waals surface area contributed by atoms with E-state index in [1.165, 1.54) is 0 Å². The Balaban J connectivity index is 3.43. The molecule has 0 fully saturated rings. The summed E-state index contributed by atoms with van der Waals surface area (Å²) >= 11 is 5.39. The minimum atomic E-state index is -1.46. The molecule has 2 N–H and O–H groups in total. The van der Waals surface area contributed by atoms with Gasteiger partial charge in [-0.25, -0.2) is 9.18 Å². The van der Waals surface area contributed by atoms with Crippen molar-refractivity contribution in [2.45, 2.75) is 0 Å². The normalized spacial score (nSPS) is 9.83. The van der Waals surface area contributed by atoms with Crippen LogP contribution in [0.15, 0.2) is 12.1 Å². The second kappa shape index (κ2) is 2.98. The third-order valence-corrected chi connectivity index (χ3v) is 1.61. The lowest BCUT2D eigenvalue weighted by Gasteiger charge is -2.01. The molecule has 64 valence electrons. The molecule has 0 radical (unpaired) electrons. The number of carboxylic acid groups (broad SMARTS) is 1. The fourth-order valence-corrected chi connectivity index (χ4v) is 0.978. The molecule has 12 heavy (non-hydrogen) atoms. The fourth-order valence-electron chi connectivity index (χ4n) is 0.745. The average molecular weight is 191 g/mol. The zero-order valence-corrected chi connectivity index (χ0v) is 6.47. The Morgan fingerprint density at radius 2 is 2.08 bits per heavy atom. The van der Waals surface area contributed by atoms with E-state index in [1.54, 1.807) is 0 Å². The molecule has 1 aromatic rings. The van der Waals surface area contributed by atoms with E-state index in [1.807, 2.05) is 0 Å². The molecule has 0 spiro atoms. The van der Waals surface area contributed by atoms with Crippen molar-refractivity contribution in [3.63, 3.8) is 0 Å². The summed E-state index contributed by atoms with van der Waals surface area (Å²) < 4.78 is 12.5. The second-order valence-corrected chi connectivity index (χ2v) is 2.47. The van der Waals surface area contributed by atoms with Gasteiger partial charge in [0.1, 0.15) is 5.56 Å². The number of benzene rings is 1. The van der Waals surface area contributed by atoms with E-state index >= 15 is 0 Å². The number of carboxylic acids is 1. The van der Waals surface area contributed by atoms with Crippen molar-refractivity contribution in [1.29, 1.82) is 0 Å². The van der Waals surface area contributed by atoms with Gasteiger partial charge in [-0.3, -0.25) is 0 Å². The fraction of sp³-hybridized carbons (Fsp3) is 0. The highest BCUT2D eigenvalue weighted by Crippen LogP contribution is 2.27. The molecule has 0 aliphatic rings. The standard InChI is InChI=1S/C7H4ClFO3/c8-3-1-2-4(9)6(10)5(3)7(11)12/h1-2,10H,(H,11,12). The lowest BCUT2D eigenvalue weighted by Crippen LogP contribution is -1.99. The van der Waals surface area contributed by atoms with E-state index in [0.717, 1.165) is 12.1 Å². The van der Waals surface area contributed by atoms with Gasteiger partial charge < -0.3 is 10.2 Å². The van der Waals surface area contributed by atoms with Crippen LogP contribution in [0, 0.1) is 5.82 Å². The average Bonchev–Trinajstić information content (AvgIpc) is 1.97. The number of hydrogen-bond donors (Lipinski definition) is 2. The van der Waals surface area contributed by atoms with Gasteiger partial charge in [-0.05, 0) is 12.1 Å². The molecule has 0 amide bonds. The lowest BCUT2D eigenvalue weighted by molar-refractivity contribution is 0.0693. The van der Waals surface area contributed by atoms with Crippen LogP contribution in [-0.4, -0.2) is 16.2 Å². The number of rotatable bonds is 1. The van der Waals surface area contributed by atoms with Crippen LogP contribution in [0.4, 0.5) is 4.39 Å². The van der Waals surface area contributed by atoms with Gasteiger partial charge in [-0.2, -0.15) is 0 Å². The maximum Gasteiger partial charge on any atom is 0.341 e. The minimum absolute atomic E-state index is 0.193. The first-order valence-electron chi connectivity index (χ1n) is 2.94. The van der Waals surface area contributed by atoms with Crippen LogP contribution in [0.2, 0.25) is 5.02 Å². The third kappa shape index (κ3) is 1.33. The molecule has 0 bridgehead atoms. The van der Waals surface area contributed by atoms with Crippen molar-refractivity contribution < 1.29 is 19.4 Å². The molecular weight excluding hydrogens is 187 g/mol. The summed E-state index contributed by atoms with van der Waals surface area (Å²) in [5, 5.41) is 17.2. The Labute approximate surface area is 72.0 Å². The summed E-state index contributed by atoms with van der Waals surface area (Å²) in [7, 11) is 0. The van der Waals surface area contributed by atoms with E-state index in [9.17, 15) is 9.18 Å². The molecule has 1 aromatic carbocycles. The van der Waals surface area contributed by atoms with Crippen LogP contribution in [0.5, 0.6) is 5.75 Å². The van der Waals surface area contributed by atoms with Crippen molar-refractivity contribution in [2.75, 3.05) is 0 Å². The minimum Gasteiger partial charge on any atom is -0.504 e. The third-order valence-electron chi connectivity index (χ3n) is 1.29. The highest BCUT2D eigenvalue weighted by molar-refractivity contribution is 6.33. The quantitative estimate of drug-likeness (QED) is 0.711. The first kappa shape index (κ1) is 8.80. The molecule has 0 saturated carbocycles. The van der Waals surface area contributed by atoms with Gasteiger partial charge in [0.15, 0.2) is 11.6 Å². The first-order valence-corrected chi connectivity index (χ1v) is 3.32.